The molecule has 0 amide bonds. The lowest BCUT2D eigenvalue weighted by Crippen LogP contribution is -2.53. The van der Waals surface area contributed by atoms with E-state index in [0.717, 1.165) is 30.3 Å². The van der Waals surface area contributed by atoms with Crippen LogP contribution in [0.3, 0.4) is 0 Å². The van der Waals surface area contributed by atoms with Gasteiger partial charge < -0.3 is 4.74 Å². The smallest absolute Gasteiger partial charge is 0.0720 e. The molecule has 4 aliphatic rings. The van der Waals surface area contributed by atoms with Gasteiger partial charge in [-0.1, -0.05) is 56.3 Å². The summed E-state index contributed by atoms with van der Waals surface area (Å²) in [5.41, 5.74) is 2.30. The molecule has 0 N–H and O–H groups in total. The zero-order chi connectivity index (χ0) is 18.5. The highest BCUT2D eigenvalue weighted by Crippen LogP contribution is 2.66. The molecule has 1 heteroatoms. The van der Waals surface area contributed by atoms with Crippen LogP contribution in [0.25, 0.3) is 0 Å². The lowest BCUT2D eigenvalue weighted by molar-refractivity contribution is -0.124. The molecule has 5 rings (SSSR count). The molecule has 27 heavy (non-hydrogen) atoms. The Morgan fingerprint density at radius 1 is 0.889 bits per heavy atom. The molecule has 0 bridgehead atoms. The van der Waals surface area contributed by atoms with Crippen LogP contribution in [-0.2, 0) is 11.3 Å². The number of rotatable bonds is 3. The number of hydrogen-bond acceptors (Lipinski definition) is 1. The second-order valence-corrected chi connectivity index (χ2v) is 10.5. The molecule has 7 unspecified atom stereocenters. The van der Waals surface area contributed by atoms with Crippen molar-refractivity contribution in [2.75, 3.05) is 0 Å². The molecule has 0 radical (unpaired) electrons. The van der Waals surface area contributed by atoms with Crippen molar-refractivity contribution in [1.82, 2.24) is 0 Å². The maximum atomic E-state index is 6.56. The van der Waals surface area contributed by atoms with Crippen molar-refractivity contribution < 1.29 is 4.74 Å². The summed E-state index contributed by atoms with van der Waals surface area (Å²) < 4.78 is 6.56. The summed E-state index contributed by atoms with van der Waals surface area (Å²) in [6.45, 7) is 6.00. The van der Waals surface area contributed by atoms with Gasteiger partial charge >= 0.3 is 0 Å². The van der Waals surface area contributed by atoms with Gasteiger partial charge in [-0.05, 0) is 91.4 Å². The second kappa shape index (κ2) is 6.76. The number of fused-ring (bicyclic) bond motifs is 5. The van der Waals surface area contributed by atoms with Gasteiger partial charge in [-0.2, -0.15) is 0 Å². The van der Waals surface area contributed by atoms with Crippen LogP contribution in [0.15, 0.2) is 42.5 Å². The topological polar surface area (TPSA) is 9.23 Å². The van der Waals surface area contributed by atoms with Crippen LogP contribution in [0.1, 0.15) is 70.8 Å². The number of hydrogen-bond donors (Lipinski definition) is 0. The summed E-state index contributed by atoms with van der Waals surface area (Å²) >= 11 is 0. The molecule has 0 aliphatic heterocycles. The summed E-state index contributed by atoms with van der Waals surface area (Å²) in [4.78, 5) is 0. The number of benzene rings is 1. The molecule has 146 valence electrons. The van der Waals surface area contributed by atoms with E-state index < -0.39 is 0 Å². The maximum absolute atomic E-state index is 6.56. The average molecular weight is 365 g/mol. The highest BCUT2D eigenvalue weighted by molar-refractivity contribution is 5.15. The Bertz CT molecular complexity index is 693. The molecular weight excluding hydrogens is 328 g/mol. The first-order valence-electron chi connectivity index (χ1n) is 11.4. The van der Waals surface area contributed by atoms with E-state index in [-0.39, 0.29) is 0 Å². The molecule has 4 aliphatic carbocycles. The Balaban J connectivity index is 1.33. The van der Waals surface area contributed by atoms with Crippen molar-refractivity contribution in [3.05, 3.63) is 48.0 Å². The molecule has 3 saturated carbocycles. The van der Waals surface area contributed by atoms with Gasteiger partial charge in [0.05, 0.1) is 12.7 Å². The first kappa shape index (κ1) is 18.0. The SMILES string of the molecule is CC12CC=CCC1CCC1C2CCC2(C)C(OCc3ccccc3)CCC12. The van der Waals surface area contributed by atoms with Crippen LogP contribution in [0.2, 0.25) is 0 Å². The van der Waals surface area contributed by atoms with Gasteiger partial charge in [-0.15, -0.1) is 0 Å². The van der Waals surface area contributed by atoms with Crippen molar-refractivity contribution >= 4 is 0 Å². The van der Waals surface area contributed by atoms with Gasteiger partial charge in [0.1, 0.15) is 0 Å². The molecule has 0 saturated heterocycles. The molecule has 1 nitrogen and oxygen atoms in total. The monoisotopic (exact) mass is 364 g/mol. The van der Waals surface area contributed by atoms with E-state index >= 15 is 0 Å². The Kier molecular flexibility index (Phi) is 4.50. The Morgan fingerprint density at radius 3 is 2.56 bits per heavy atom. The molecule has 0 aromatic heterocycles. The highest BCUT2D eigenvalue weighted by atomic mass is 16.5. The van der Waals surface area contributed by atoms with Gasteiger partial charge in [0.25, 0.3) is 0 Å². The standard InChI is InChI=1S/C26H36O/c1-25-16-7-6-10-20(25)11-12-21-22-13-14-24(26(22,2)17-15-23(21)25)27-18-19-8-4-3-5-9-19/h3-9,20-24H,10-18H2,1-2H3. The largest absolute Gasteiger partial charge is 0.373 e. The highest BCUT2D eigenvalue weighted by Gasteiger charge is 2.59. The van der Waals surface area contributed by atoms with Crippen molar-refractivity contribution in [1.29, 1.82) is 0 Å². The third kappa shape index (κ3) is 2.84. The maximum Gasteiger partial charge on any atom is 0.0720 e. The van der Waals surface area contributed by atoms with Crippen LogP contribution in [-0.4, -0.2) is 6.10 Å². The third-order valence-electron chi connectivity index (χ3n) is 9.42. The van der Waals surface area contributed by atoms with Crippen molar-refractivity contribution in [2.45, 2.75) is 77.9 Å². The Hall–Kier alpha value is -1.08. The first-order chi connectivity index (χ1) is 13.1. The van der Waals surface area contributed by atoms with E-state index in [1.807, 2.05) is 0 Å². The number of allylic oxidation sites excluding steroid dienone is 2. The van der Waals surface area contributed by atoms with Crippen LogP contribution in [0.4, 0.5) is 0 Å². The van der Waals surface area contributed by atoms with E-state index in [2.05, 4.69) is 56.3 Å². The summed E-state index contributed by atoms with van der Waals surface area (Å²) in [5.74, 6) is 3.73. The predicted molar refractivity (Wildman–Crippen MR) is 111 cm³/mol. The predicted octanol–water partition coefficient (Wildman–Crippen LogP) is 6.78. The van der Waals surface area contributed by atoms with Crippen molar-refractivity contribution in [3.63, 3.8) is 0 Å². The Labute approximate surface area is 165 Å². The fraction of sp³-hybridized carbons (Fsp3) is 0.692. The van der Waals surface area contributed by atoms with Crippen LogP contribution >= 0.6 is 0 Å². The lowest BCUT2D eigenvalue weighted by atomic mass is 9.46. The molecule has 1 aromatic rings. The quantitative estimate of drug-likeness (QED) is 0.537. The number of ether oxygens (including phenoxy) is 1. The van der Waals surface area contributed by atoms with E-state index in [9.17, 15) is 0 Å². The first-order valence-corrected chi connectivity index (χ1v) is 11.4. The lowest BCUT2D eigenvalue weighted by Gasteiger charge is -2.59. The van der Waals surface area contributed by atoms with Crippen LogP contribution < -0.4 is 0 Å². The summed E-state index contributed by atoms with van der Waals surface area (Å²) in [7, 11) is 0. The molecule has 1 aromatic carbocycles. The second-order valence-electron chi connectivity index (χ2n) is 10.5. The third-order valence-corrected chi connectivity index (χ3v) is 9.42. The van der Waals surface area contributed by atoms with E-state index in [1.165, 1.54) is 56.9 Å². The molecule has 0 spiro atoms. The zero-order valence-electron chi connectivity index (χ0n) is 17.2. The van der Waals surface area contributed by atoms with Gasteiger partial charge in [0.2, 0.25) is 0 Å². The van der Waals surface area contributed by atoms with Crippen molar-refractivity contribution in [3.8, 4) is 0 Å². The van der Waals surface area contributed by atoms with Gasteiger partial charge in [-0.3, -0.25) is 0 Å². The van der Waals surface area contributed by atoms with Gasteiger partial charge in [0.15, 0.2) is 0 Å². The molecular formula is C26H36O. The Morgan fingerprint density at radius 2 is 1.70 bits per heavy atom. The fourth-order valence-corrected chi connectivity index (χ4v) is 7.83. The minimum Gasteiger partial charge on any atom is -0.373 e. The minimum atomic E-state index is 0.406. The van der Waals surface area contributed by atoms with Crippen LogP contribution in [0, 0.1) is 34.5 Å². The summed E-state index contributed by atoms with van der Waals surface area (Å²) in [6, 6.07) is 10.7. The van der Waals surface area contributed by atoms with E-state index in [1.54, 1.807) is 0 Å². The van der Waals surface area contributed by atoms with Gasteiger partial charge in [-0.25, -0.2) is 0 Å². The molecule has 7 atom stereocenters. The minimum absolute atomic E-state index is 0.406. The van der Waals surface area contributed by atoms with Crippen LogP contribution in [0.5, 0.6) is 0 Å². The fourth-order valence-electron chi connectivity index (χ4n) is 7.83. The van der Waals surface area contributed by atoms with E-state index in [0.29, 0.717) is 16.9 Å². The zero-order valence-corrected chi connectivity index (χ0v) is 17.2. The molecule has 0 heterocycles. The normalized spacial score (nSPS) is 45.8. The summed E-state index contributed by atoms with van der Waals surface area (Å²) in [5, 5.41) is 0. The average Bonchev–Trinajstić information content (AvgIpc) is 3.03. The van der Waals surface area contributed by atoms with Crippen molar-refractivity contribution in [2.24, 2.45) is 34.5 Å². The van der Waals surface area contributed by atoms with E-state index in [4.69, 9.17) is 4.74 Å². The molecule has 3 fully saturated rings. The summed E-state index contributed by atoms with van der Waals surface area (Å²) in [6.07, 6.45) is 16.5. The van der Waals surface area contributed by atoms with Gasteiger partial charge in [0, 0.05) is 0 Å².